The Bertz CT molecular complexity index is 335. The SMILES string of the molecule is OCCCC/C(=N\O)c1ccc(CF)cc1. The highest BCUT2D eigenvalue weighted by Gasteiger charge is 2.04. The standard InChI is InChI=1S/C12H16FNO2/c13-9-10-4-6-11(7-5-10)12(14-16)3-1-2-8-15/h4-7,15-16H,1-3,8-9H2/b14-12+. The molecule has 1 rings (SSSR count). The molecule has 1 aromatic carbocycles. The molecule has 0 spiro atoms. The highest BCUT2D eigenvalue weighted by molar-refractivity contribution is 6.00. The predicted octanol–water partition coefficient (Wildman–Crippen LogP) is 2.50. The van der Waals surface area contributed by atoms with Crippen molar-refractivity contribution in [3.8, 4) is 0 Å². The minimum Gasteiger partial charge on any atom is -0.411 e. The normalized spacial score (nSPS) is 11.8. The fraction of sp³-hybridized carbons (Fsp3) is 0.417. The molecule has 0 saturated carbocycles. The lowest BCUT2D eigenvalue weighted by Crippen LogP contribution is -2.01. The first kappa shape index (κ1) is 12.6. The quantitative estimate of drug-likeness (QED) is 0.338. The van der Waals surface area contributed by atoms with Crippen molar-refractivity contribution in [3.63, 3.8) is 0 Å². The van der Waals surface area contributed by atoms with Crippen molar-refractivity contribution in [1.29, 1.82) is 0 Å². The van der Waals surface area contributed by atoms with Crippen molar-refractivity contribution >= 4 is 5.71 Å². The number of hydrogen-bond acceptors (Lipinski definition) is 3. The Morgan fingerprint density at radius 3 is 2.38 bits per heavy atom. The molecule has 4 heteroatoms. The van der Waals surface area contributed by atoms with E-state index >= 15 is 0 Å². The summed E-state index contributed by atoms with van der Waals surface area (Å²) in [6, 6.07) is 6.82. The van der Waals surface area contributed by atoms with Crippen molar-refractivity contribution in [2.45, 2.75) is 25.9 Å². The molecular formula is C12H16FNO2. The van der Waals surface area contributed by atoms with Gasteiger partial charge in [-0.15, -0.1) is 0 Å². The van der Waals surface area contributed by atoms with Crippen LogP contribution in [-0.4, -0.2) is 22.6 Å². The number of oxime groups is 1. The van der Waals surface area contributed by atoms with Crippen molar-refractivity contribution in [2.75, 3.05) is 6.61 Å². The lowest BCUT2D eigenvalue weighted by molar-refractivity contribution is 0.284. The van der Waals surface area contributed by atoms with Gasteiger partial charge < -0.3 is 10.3 Å². The molecule has 0 bridgehead atoms. The highest BCUT2D eigenvalue weighted by atomic mass is 19.1. The summed E-state index contributed by atoms with van der Waals surface area (Å²) in [6.07, 6.45) is 2.05. The summed E-state index contributed by atoms with van der Waals surface area (Å²) in [4.78, 5) is 0. The minimum atomic E-state index is -0.490. The molecule has 0 amide bonds. The Kier molecular flexibility index (Phi) is 5.50. The van der Waals surface area contributed by atoms with Crippen molar-refractivity contribution in [3.05, 3.63) is 35.4 Å². The smallest absolute Gasteiger partial charge is 0.115 e. The summed E-state index contributed by atoms with van der Waals surface area (Å²) in [6.45, 7) is -0.351. The molecule has 0 aromatic heterocycles. The van der Waals surface area contributed by atoms with Gasteiger partial charge >= 0.3 is 0 Å². The molecule has 0 aliphatic heterocycles. The first-order valence-corrected chi connectivity index (χ1v) is 5.29. The second kappa shape index (κ2) is 6.95. The van der Waals surface area contributed by atoms with Crippen LogP contribution in [0.15, 0.2) is 29.4 Å². The Morgan fingerprint density at radius 1 is 1.19 bits per heavy atom. The highest BCUT2D eigenvalue weighted by Crippen LogP contribution is 2.10. The van der Waals surface area contributed by atoms with E-state index in [9.17, 15) is 4.39 Å². The van der Waals surface area contributed by atoms with Gasteiger partial charge in [-0.05, 0) is 30.4 Å². The Hall–Kier alpha value is -1.42. The van der Waals surface area contributed by atoms with E-state index in [1.807, 2.05) is 0 Å². The van der Waals surface area contributed by atoms with E-state index in [0.717, 1.165) is 12.0 Å². The van der Waals surface area contributed by atoms with E-state index in [1.165, 1.54) is 0 Å². The number of nitrogens with zero attached hydrogens (tertiary/aromatic N) is 1. The lowest BCUT2D eigenvalue weighted by atomic mass is 10.0. The van der Waals surface area contributed by atoms with Gasteiger partial charge in [-0.1, -0.05) is 29.4 Å². The molecule has 2 N–H and O–H groups in total. The van der Waals surface area contributed by atoms with E-state index in [1.54, 1.807) is 24.3 Å². The molecule has 0 aliphatic rings. The summed E-state index contributed by atoms with van der Waals surface area (Å²) in [7, 11) is 0. The monoisotopic (exact) mass is 225 g/mol. The number of benzene rings is 1. The zero-order chi connectivity index (χ0) is 11.8. The molecule has 0 radical (unpaired) electrons. The zero-order valence-corrected chi connectivity index (χ0v) is 9.06. The summed E-state index contributed by atoms with van der Waals surface area (Å²) in [5.74, 6) is 0. The van der Waals surface area contributed by atoms with E-state index < -0.39 is 6.67 Å². The molecule has 3 nitrogen and oxygen atoms in total. The van der Waals surface area contributed by atoms with Crippen LogP contribution in [-0.2, 0) is 6.67 Å². The molecule has 0 saturated heterocycles. The second-order valence-electron chi connectivity index (χ2n) is 3.56. The number of alkyl halides is 1. The molecule has 0 atom stereocenters. The average molecular weight is 225 g/mol. The second-order valence-corrected chi connectivity index (χ2v) is 3.56. The maximum absolute atomic E-state index is 12.3. The van der Waals surface area contributed by atoms with Crippen LogP contribution in [0.1, 0.15) is 30.4 Å². The zero-order valence-electron chi connectivity index (χ0n) is 9.06. The van der Waals surface area contributed by atoms with E-state index in [4.69, 9.17) is 10.3 Å². The van der Waals surface area contributed by atoms with Gasteiger partial charge in [-0.2, -0.15) is 0 Å². The topological polar surface area (TPSA) is 52.8 Å². The maximum atomic E-state index is 12.3. The molecule has 16 heavy (non-hydrogen) atoms. The van der Waals surface area contributed by atoms with E-state index in [-0.39, 0.29) is 6.61 Å². The molecule has 0 fully saturated rings. The van der Waals surface area contributed by atoms with Gasteiger partial charge in [0.1, 0.15) is 6.67 Å². The van der Waals surface area contributed by atoms with E-state index in [0.29, 0.717) is 24.1 Å². The van der Waals surface area contributed by atoms with Crippen LogP contribution < -0.4 is 0 Å². The Labute approximate surface area is 94.2 Å². The van der Waals surface area contributed by atoms with Crippen LogP contribution in [0.3, 0.4) is 0 Å². The molecule has 1 aromatic rings. The van der Waals surface area contributed by atoms with Crippen LogP contribution in [0.25, 0.3) is 0 Å². The van der Waals surface area contributed by atoms with Crippen LogP contribution in [0, 0.1) is 0 Å². The van der Waals surface area contributed by atoms with E-state index in [2.05, 4.69) is 5.16 Å². The summed E-state index contributed by atoms with van der Waals surface area (Å²) < 4.78 is 12.3. The third-order valence-corrected chi connectivity index (χ3v) is 2.38. The van der Waals surface area contributed by atoms with Gasteiger partial charge in [0.15, 0.2) is 0 Å². The van der Waals surface area contributed by atoms with Crippen molar-refractivity contribution in [1.82, 2.24) is 0 Å². The maximum Gasteiger partial charge on any atom is 0.115 e. The molecule has 0 aliphatic carbocycles. The van der Waals surface area contributed by atoms with Crippen LogP contribution in [0.5, 0.6) is 0 Å². The van der Waals surface area contributed by atoms with Crippen molar-refractivity contribution in [2.24, 2.45) is 5.16 Å². The number of aliphatic hydroxyl groups excluding tert-OH is 1. The predicted molar refractivity (Wildman–Crippen MR) is 60.5 cm³/mol. The van der Waals surface area contributed by atoms with Gasteiger partial charge in [0.05, 0.1) is 5.71 Å². The first-order valence-electron chi connectivity index (χ1n) is 5.29. The van der Waals surface area contributed by atoms with Gasteiger partial charge in [-0.3, -0.25) is 0 Å². The largest absolute Gasteiger partial charge is 0.411 e. The lowest BCUT2D eigenvalue weighted by Gasteiger charge is -2.04. The summed E-state index contributed by atoms with van der Waals surface area (Å²) >= 11 is 0. The molecule has 0 heterocycles. The molecule has 0 unspecified atom stereocenters. The summed E-state index contributed by atoms with van der Waals surface area (Å²) in [5, 5.41) is 20.7. The van der Waals surface area contributed by atoms with Crippen LogP contribution >= 0.6 is 0 Å². The Morgan fingerprint density at radius 2 is 1.88 bits per heavy atom. The average Bonchev–Trinajstić information content (AvgIpc) is 2.35. The third kappa shape index (κ3) is 3.62. The number of halogens is 1. The third-order valence-electron chi connectivity index (χ3n) is 2.38. The van der Waals surface area contributed by atoms with Crippen LogP contribution in [0.4, 0.5) is 4.39 Å². The molecule has 88 valence electrons. The molecular weight excluding hydrogens is 209 g/mol. The number of rotatable bonds is 6. The minimum absolute atomic E-state index is 0.138. The Balaban J connectivity index is 2.64. The number of unbranched alkanes of at least 4 members (excludes halogenated alkanes) is 1. The first-order chi connectivity index (χ1) is 7.81. The van der Waals surface area contributed by atoms with Gasteiger partial charge in [-0.25, -0.2) is 4.39 Å². The van der Waals surface area contributed by atoms with Gasteiger partial charge in [0.2, 0.25) is 0 Å². The fourth-order valence-electron chi connectivity index (χ4n) is 1.44. The number of hydrogen-bond donors (Lipinski definition) is 2. The fourth-order valence-corrected chi connectivity index (χ4v) is 1.44. The van der Waals surface area contributed by atoms with Crippen LogP contribution in [0.2, 0.25) is 0 Å². The number of aliphatic hydroxyl groups is 1. The summed E-state index contributed by atoms with van der Waals surface area (Å²) in [5.41, 5.74) is 1.97. The van der Waals surface area contributed by atoms with Gasteiger partial charge in [0, 0.05) is 6.61 Å². The van der Waals surface area contributed by atoms with Gasteiger partial charge in [0.25, 0.3) is 0 Å². The van der Waals surface area contributed by atoms with Crippen molar-refractivity contribution < 1.29 is 14.7 Å².